The molecule has 0 spiro atoms. The highest BCUT2D eigenvalue weighted by atomic mass is 16.2. The summed E-state index contributed by atoms with van der Waals surface area (Å²) in [6, 6.07) is 9.32. The molecule has 6 nitrogen and oxygen atoms in total. The minimum absolute atomic E-state index is 0.00801. The van der Waals surface area contributed by atoms with Gasteiger partial charge in [-0.25, -0.2) is 4.68 Å². The Morgan fingerprint density at radius 3 is 2.65 bits per heavy atom. The summed E-state index contributed by atoms with van der Waals surface area (Å²) >= 11 is 0. The number of carbonyl (C=O) groups is 2. The van der Waals surface area contributed by atoms with Gasteiger partial charge in [0, 0.05) is 31.3 Å². The Balaban J connectivity index is 1.55. The molecular weight excluding hydrogens is 328 g/mol. The van der Waals surface area contributed by atoms with Gasteiger partial charge in [-0.2, -0.15) is 5.10 Å². The van der Waals surface area contributed by atoms with E-state index in [1.807, 2.05) is 36.5 Å². The SMILES string of the molecule is CC(NC(=O)C1CCCC1)C(=O)N(C)Cc1cnn(-c2ccccc2)c1. The van der Waals surface area contributed by atoms with Gasteiger partial charge in [0.1, 0.15) is 6.04 Å². The van der Waals surface area contributed by atoms with Crippen molar-refractivity contribution >= 4 is 11.8 Å². The number of nitrogens with one attached hydrogen (secondary N) is 1. The highest BCUT2D eigenvalue weighted by Gasteiger charge is 2.26. The van der Waals surface area contributed by atoms with E-state index in [9.17, 15) is 9.59 Å². The Morgan fingerprint density at radius 2 is 1.96 bits per heavy atom. The number of para-hydroxylation sites is 1. The van der Waals surface area contributed by atoms with E-state index in [0.717, 1.165) is 36.9 Å². The number of carbonyl (C=O) groups excluding carboxylic acids is 2. The third kappa shape index (κ3) is 4.31. The van der Waals surface area contributed by atoms with Crippen LogP contribution >= 0.6 is 0 Å². The zero-order valence-corrected chi connectivity index (χ0v) is 15.4. The van der Waals surface area contributed by atoms with Crippen LogP contribution in [0.15, 0.2) is 42.7 Å². The molecule has 138 valence electrons. The van der Waals surface area contributed by atoms with Crippen LogP contribution in [0.2, 0.25) is 0 Å². The largest absolute Gasteiger partial charge is 0.344 e. The van der Waals surface area contributed by atoms with Crippen LogP contribution in [-0.2, 0) is 16.1 Å². The number of amides is 2. The van der Waals surface area contributed by atoms with E-state index in [1.165, 1.54) is 0 Å². The second-order valence-corrected chi connectivity index (χ2v) is 7.03. The van der Waals surface area contributed by atoms with Crippen molar-refractivity contribution in [2.24, 2.45) is 5.92 Å². The van der Waals surface area contributed by atoms with Crippen molar-refractivity contribution in [2.75, 3.05) is 7.05 Å². The highest BCUT2D eigenvalue weighted by Crippen LogP contribution is 2.24. The molecule has 1 aromatic carbocycles. The molecule has 1 N–H and O–H groups in total. The maximum absolute atomic E-state index is 12.6. The zero-order chi connectivity index (χ0) is 18.5. The number of benzene rings is 1. The van der Waals surface area contributed by atoms with Gasteiger partial charge in [0.15, 0.2) is 0 Å². The molecule has 1 saturated carbocycles. The van der Waals surface area contributed by atoms with Crippen LogP contribution in [0, 0.1) is 5.92 Å². The van der Waals surface area contributed by atoms with Crippen LogP contribution < -0.4 is 5.32 Å². The second kappa shape index (κ2) is 8.17. The number of hydrogen-bond donors (Lipinski definition) is 1. The molecule has 1 aliphatic carbocycles. The first kappa shape index (κ1) is 18.2. The van der Waals surface area contributed by atoms with Crippen LogP contribution in [-0.4, -0.2) is 39.6 Å². The zero-order valence-electron chi connectivity index (χ0n) is 15.4. The fourth-order valence-corrected chi connectivity index (χ4v) is 3.43. The van der Waals surface area contributed by atoms with Gasteiger partial charge in [0.2, 0.25) is 11.8 Å². The normalized spacial score (nSPS) is 15.6. The number of aromatic nitrogens is 2. The van der Waals surface area contributed by atoms with Gasteiger partial charge in [-0.3, -0.25) is 9.59 Å². The molecule has 3 rings (SSSR count). The lowest BCUT2D eigenvalue weighted by atomic mass is 10.1. The molecule has 1 aromatic heterocycles. The van der Waals surface area contributed by atoms with Crippen molar-refractivity contribution < 1.29 is 9.59 Å². The summed E-state index contributed by atoms with van der Waals surface area (Å²) in [6.45, 7) is 2.20. The average molecular weight is 354 g/mol. The fraction of sp³-hybridized carbons (Fsp3) is 0.450. The van der Waals surface area contributed by atoms with E-state index < -0.39 is 6.04 Å². The molecule has 2 aromatic rings. The van der Waals surface area contributed by atoms with Gasteiger partial charge in [-0.15, -0.1) is 0 Å². The number of nitrogens with zero attached hydrogens (tertiary/aromatic N) is 3. The molecule has 2 amide bonds. The Morgan fingerprint density at radius 1 is 1.27 bits per heavy atom. The van der Waals surface area contributed by atoms with E-state index >= 15 is 0 Å². The van der Waals surface area contributed by atoms with Crippen molar-refractivity contribution in [3.8, 4) is 5.69 Å². The molecule has 0 aliphatic heterocycles. The first-order chi connectivity index (χ1) is 12.5. The van der Waals surface area contributed by atoms with E-state index in [2.05, 4.69) is 10.4 Å². The lowest BCUT2D eigenvalue weighted by Crippen LogP contribution is -2.46. The predicted octanol–water partition coefficient (Wildman–Crippen LogP) is 2.53. The summed E-state index contributed by atoms with van der Waals surface area (Å²) in [5, 5.41) is 7.22. The van der Waals surface area contributed by atoms with Crippen molar-refractivity contribution in [3.63, 3.8) is 0 Å². The number of likely N-dealkylation sites (N-methyl/N-ethyl adjacent to an activating group) is 1. The first-order valence-electron chi connectivity index (χ1n) is 9.19. The maximum atomic E-state index is 12.6. The monoisotopic (exact) mass is 354 g/mol. The highest BCUT2D eigenvalue weighted by molar-refractivity contribution is 5.88. The second-order valence-electron chi connectivity index (χ2n) is 7.03. The first-order valence-corrected chi connectivity index (χ1v) is 9.19. The van der Waals surface area contributed by atoms with Crippen LogP contribution in [0.4, 0.5) is 0 Å². The van der Waals surface area contributed by atoms with Crippen molar-refractivity contribution in [1.29, 1.82) is 0 Å². The summed E-state index contributed by atoms with van der Waals surface area (Å²) in [6.07, 6.45) is 7.75. The fourth-order valence-electron chi connectivity index (χ4n) is 3.43. The van der Waals surface area contributed by atoms with Crippen LogP contribution in [0.1, 0.15) is 38.2 Å². The number of rotatable bonds is 6. The van der Waals surface area contributed by atoms with Gasteiger partial charge in [-0.1, -0.05) is 31.0 Å². The molecule has 1 fully saturated rings. The quantitative estimate of drug-likeness (QED) is 0.867. The lowest BCUT2D eigenvalue weighted by Gasteiger charge is -2.22. The smallest absolute Gasteiger partial charge is 0.244 e. The molecule has 1 heterocycles. The van der Waals surface area contributed by atoms with Crippen molar-refractivity contribution in [1.82, 2.24) is 20.0 Å². The summed E-state index contributed by atoms with van der Waals surface area (Å²) in [7, 11) is 1.75. The van der Waals surface area contributed by atoms with E-state index in [1.54, 1.807) is 29.7 Å². The Kier molecular flexibility index (Phi) is 5.71. The number of hydrogen-bond acceptors (Lipinski definition) is 3. The standard InChI is InChI=1S/C20H26N4O2/c1-15(22-19(25)17-8-6-7-9-17)20(26)23(2)13-16-12-21-24(14-16)18-10-4-3-5-11-18/h3-5,10-12,14-15,17H,6-9,13H2,1-2H3,(H,22,25). The average Bonchev–Trinajstić information content (AvgIpc) is 3.33. The summed E-state index contributed by atoms with van der Waals surface area (Å²) in [4.78, 5) is 26.4. The molecule has 1 unspecified atom stereocenters. The van der Waals surface area contributed by atoms with Crippen molar-refractivity contribution in [3.05, 3.63) is 48.3 Å². The summed E-state index contributed by atoms with van der Waals surface area (Å²) in [5.41, 5.74) is 1.92. The summed E-state index contributed by atoms with van der Waals surface area (Å²) in [5.74, 6) is -0.0166. The molecule has 1 aliphatic rings. The molecule has 1 atom stereocenters. The topological polar surface area (TPSA) is 67.2 Å². The third-order valence-corrected chi connectivity index (χ3v) is 4.91. The maximum Gasteiger partial charge on any atom is 0.244 e. The van der Waals surface area contributed by atoms with Gasteiger partial charge in [-0.05, 0) is 31.9 Å². The predicted molar refractivity (Wildman–Crippen MR) is 99.6 cm³/mol. The van der Waals surface area contributed by atoms with Gasteiger partial charge < -0.3 is 10.2 Å². The van der Waals surface area contributed by atoms with Crippen LogP contribution in [0.25, 0.3) is 5.69 Å². The molecular formula is C20H26N4O2. The molecule has 0 saturated heterocycles. The molecule has 6 heteroatoms. The van der Waals surface area contributed by atoms with Crippen LogP contribution in [0.3, 0.4) is 0 Å². The Labute approximate surface area is 154 Å². The van der Waals surface area contributed by atoms with Crippen molar-refractivity contribution in [2.45, 2.75) is 45.2 Å². The van der Waals surface area contributed by atoms with E-state index in [-0.39, 0.29) is 17.7 Å². The molecule has 0 radical (unpaired) electrons. The van der Waals surface area contributed by atoms with Gasteiger partial charge in [0.25, 0.3) is 0 Å². The van der Waals surface area contributed by atoms with E-state index in [0.29, 0.717) is 6.54 Å². The summed E-state index contributed by atoms with van der Waals surface area (Å²) < 4.78 is 1.79. The minimum atomic E-state index is -0.516. The van der Waals surface area contributed by atoms with Gasteiger partial charge in [0.05, 0.1) is 11.9 Å². The minimum Gasteiger partial charge on any atom is -0.344 e. The molecule has 0 bridgehead atoms. The third-order valence-electron chi connectivity index (χ3n) is 4.91. The van der Waals surface area contributed by atoms with E-state index in [4.69, 9.17) is 0 Å². The Bertz CT molecular complexity index is 750. The van der Waals surface area contributed by atoms with Gasteiger partial charge >= 0.3 is 0 Å². The lowest BCUT2D eigenvalue weighted by molar-refractivity contribution is -0.136. The Hall–Kier alpha value is -2.63. The molecule has 26 heavy (non-hydrogen) atoms. The van der Waals surface area contributed by atoms with Crippen LogP contribution in [0.5, 0.6) is 0 Å².